The Morgan fingerprint density at radius 1 is 1.30 bits per heavy atom. The molecular formula is C26H37N3O9S2. The monoisotopic (exact) mass is 599 g/mol. The highest BCUT2D eigenvalue weighted by atomic mass is 32.2. The van der Waals surface area contributed by atoms with E-state index in [4.69, 9.17) is 14.9 Å². The lowest BCUT2D eigenvalue weighted by Gasteiger charge is -2.44. The van der Waals surface area contributed by atoms with Crippen molar-refractivity contribution in [2.75, 3.05) is 20.0 Å². The number of benzene rings is 1. The van der Waals surface area contributed by atoms with Gasteiger partial charge in [-0.15, -0.1) is 0 Å². The van der Waals surface area contributed by atoms with Gasteiger partial charge in [-0.1, -0.05) is 32.4 Å². The van der Waals surface area contributed by atoms with Gasteiger partial charge < -0.3 is 25.1 Å². The molecule has 12 nitrogen and oxygen atoms in total. The van der Waals surface area contributed by atoms with E-state index < -0.39 is 69.9 Å². The molecule has 1 amide bonds. The molecule has 1 aromatic carbocycles. The molecule has 222 valence electrons. The van der Waals surface area contributed by atoms with Crippen molar-refractivity contribution >= 4 is 27.0 Å². The van der Waals surface area contributed by atoms with Crippen molar-refractivity contribution in [1.82, 2.24) is 9.29 Å². The minimum absolute atomic E-state index is 0.150. The number of aromatic nitrogens is 1. The largest absolute Gasteiger partial charge is 0.440 e. The Hall–Kier alpha value is -2.46. The quantitative estimate of drug-likeness (QED) is 0.317. The number of hydrogen-bond acceptors (Lipinski definition) is 11. The van der Waals surface area contributed by atoms with Crippen molar-refractivity contribution < 1.29 is 41.0 Å². The number of carbonyl (C=O) groups excluding carboxylic acids is 1. The summed E-state index contributed by atoms with van der Waals surface area (Å²) < 4.78 is 54.0. The van der Waals surface area contributed by atoms with Gasteiger partial charge >= 0.3 is 10.3 Å². The van der Waals surface area contributed by atoms with Crippen LogP contribution in [0.1, 0.15) is 39.0 Å². The first-order valence-corrected chi connectivity index (χ1v) is 15.6. The fourth-order valence-electron chi connectivity index (χ4n) is 4.50. The molecule has 0 aliphatic carbocycles. The van der Waals surface area contributed by atoms with E-state index >= 15 is 0 Å². The van der Waals surface area contributed by atoms with E-state index in [9.17, 15) is 27.6 Å². The number of nitrogens with zero attached hydrogens (tertiary/aromatic N) is 2. The number of ether oxygens (including phenoxy) is 1. The van der Waals surface area contributed by atoms with Crippen LogP contribution in [-0.2, 0) is 34.8 Å². The van der Waals surface area contributed by atoms with Crippen LogP contribution < -0.4 is 5.73 Å². The molecule has 2 aromatic rings. The number of aliphatic hydroxyl groups excluding tert-OH is 2. The number of oxazole rings is 1. The summed E-state index contributed by atoms with van der Waals surface area (Å²) in [5.74, 6) is -1.63. The fourth-order valence-corrected chi connectivity index (χ4v) is 6.04. The molecule has 14 heteroatoms. The Morgan fingerprint density at radius 2 is 1.93 bits per heavy atom. The van der Waals surface area contributed by atoms with Crippen molar-refractivity contribution in [3.63, 3.8) is 0 Å². The zero-order valence-electron chi connectivity index (χ0n) is 23.1. The molecule has 1 aliphatic heterocycles. The standard InChI is InChI=1S/C26H37N3O9S2/c1-7-15(4)21(27)26(32)29(40(34,35)36-5)18-13-37-24(23(31)22(18)30)20(14(2)3)25-28-12-19(38-25)16-8-10-17(11-9-16)39(6)33/h8-12,15,18,20-24,30-31H,2,7,13,27H2,1,3-6H3/t15-,18+,20?,21-,22+,23+,24-,39?/m0/s1. The number of amides is 1. The van der Waals surface area contributed by atoms with Gasteiger partial charge in [0, 0.05) is 27.5 Å². The number of nitrogens with two attached hydrogens (primary N) is 1. The lowest BCUT2D eigenvalue weighted by atomic mass is 9.85. The Morgan fingerprint density at radius 3 is 2.45 bits per heavy atom. The zero-order chi connectivity index (χ0) is 29.9. The second-order valence-electron chi connectivity index (χ2n) is 9.88. The number of aliphatic hydroxyl groups is 2. The Bertz CT molecular complexity index is 1330. The lowest BCUT2D eigenvalue weighted by molar-refractivity contribution is -0.174. The number of hydrogen-bond donors (Lipinski definition) is 3. The van der Waals surface area contributed by atoms with Crippen molar-refractivity contribution in [3.8, 4) is 11.3 Å². The highest BCUT2D eigenvalue weighted by molar-refractivity contribution is 7.85. The Labute approximate surface area is 236 Å². The Kier molecular flexibility index (Phi) is 10.4. The maximum absolute atomic E-state index is 13.2. The van der Waals surface area contributed by atoms with Crippen LogP contribution in [0.15, 0.2) is 51.9 Å². The van der Waals surface area contributed by atoms with Crippen LogP contribution in [0.5, 0.6) is 0 Å². The van der Waals surface area contributed by atoms with Crippen molar-refractivity contribution in [3.05, 3.63) is 48.5 Å². The number of rotatable bonds is 11. The molecule has 0 saturated carbocycles. The third kappa shape index (κ3) is 6.54. The van der Waals surface area contributed by atoms with E-state index in [-0.39, 0.29) is 11.8 Å². The summed E-state index contributed by atoms with van der Waals surface area (Å²) in [6.45, 7) is 8.67. The summed E-state index contributed by atoms with van der Waals surface area (Å²) in [5, 5.41) is 22.2. The SMILES string of the molecule is C=C(C)C(c1ncc(-c2ccc(S(C)=O)cc2)o1)[C@@H]1OC[C@@H](N(C(=O)[C@@H](N)[C@@H](C)CC)S(=O)(=O)OC)[C@@H](O)[C@H]1O. The molecular weight excluding hydrogens is 562 g/mol. The molecule has 3 rings (SSSR count). The van der Waals surface area contributed by atoms with E-state index in [1.165, 1.54) is 6.20 Å². The van der Waals surface area contributed by atoms with Crippen LogP contribution in [0.3, 0.4) is 0 Å². The second kappa shape index (κ2) is 13.0. The minimum atomic E-state index is -4.66. The topological polar surface area (TPSA) is 182 Å². The summed E-state index contributed by atoms with van der Waals surface area (Å²) >= 11 is 0. The van der Waals surface area contributed by atoms with Crippen LogP contribution >= 0.6 is 0 Å². The van der Waals surface area contributed by atoms with Crippen LogP contribution in [0.2, 0.25) is 0 Å². The van der Waals surface area contributed by atoms with E-state index in [0.717, 1.165) is 7.11 Å². The average molecular weight is 600 g/mol. The van der Waals surface area contributed by atoms with Gasteiger partial charge in [0.25, 0.3) is 5.91 Å². The molecule has 0 bridgehead atoms. The first-order valence-electron chi connectivity index (χ1n) is 12.7. The molecule has 40 heavy (non-hydrogen) atoms. The van der Waals surface area contributed by atoms with Gasteiger partial charge in [-0.25, -0.2) is 9.29 Å². The van der Waals surface area contributed by atoms with Gasteiger partial charge in [-0.05, 0) is 37.1 Å². The summed E-state index contributed by atoms with van der Waals surface area (Å²) in [5.41, 5.74) is 7.20. The third-order valence-corrected chi connectivity index (χ3v) is 9.46. The van der Waals surface area contributed by atoms with Gasteiger partial charge in [-0.3, -0.25) is 13.2 Å². The van der Waals surface area contributed by atoms with Crippen LogP contribution in [0.25, 0.3) is 11.3 Å². The third-order valence-electron chi connectivity index (χ3n) is 7.17. The van der Waals surface area contributed by atoms with Crippen LogP contribution in [0, 0.1) is 5.92 Å². The van der Waals surface area contributed by atoms with Crippen LogP contribution in [-0.4, -0.2) is 88.4 Å². The summed E-state index contributed by atoms with van der Waals surface area (Å²) in [6.07, 6.45) is -0.992. The van der Waals surface area contributed by atoms with Crippen molar-refractivity contribution in [2.45, 2.75) is 68.4 Å². The fraction of sp³-hybridized carbons (Fsp3) is 0.538. The van der Waals surface area contributed by atoms with Gasteiger partial charge in [0.05, 0.1) is 31.9 Å². The maximum atomic E-state index is 13.2. The first-order chi connectivity index (χ1) is 18.7. The van der Waals surface area contributed by atoms with Gasteiger partial charge in [0.1, 0.15) is 24.4 Å². The molecule has 1 saturated heterocycles. The zero-order valence-corrected chi connectivity index (χ0v) is 24.7. The molecule has 1 aliphatic rings. The molecule has 1 aromatic heterocycles. The van der Waals surface area contributed by atoms with Crippen molar-refractivity contribution in [2.24, 2.45) is 11.7 Å². The van der Waals surface area contributed by atoms with E-state index in [0.29, 0.717) is 32.5 Å². The lowest BCUT2D eigenvalue weighted by Crippen LogP contribution is -2.65. The minimum Gasteiger partial charge on any atom is -0.440 e. The highest BCUT2D eigenvalue weighted by Gasteiger charge is 2.51. The highest BCUT2D eigenvalue weighted by Crippen LogP contribution is 2.37. The van der Waals surface area contributed by atoms with Crippen molar-refractivity contribution in [1.29, 1.82) is 0 Å². The predicted octanol–water partition coefficient (Wildman–Crippen LogP) is 1.32. The Balaban J connectivity index is 1.90. The smallest absolute Gasteiger partial charge is 0.364 e. The van der Waals surface area contributed by atoms with E-state index in [1.807, 2.05) is 0 Å². The van der Waals surface area contributed by atoms with Gasteiger partial charge in [0.15, 0.2) is 5.76 Å². The maximum Gasteiger partial charge on any atom is 0.364 e. The molecule has 2 heterocycles. The van der Waals surface area contributed by atoms with E-state index in [1.54, 1.807) is 51.3 Å². The summed E-state index contributed by atoms with van der Waals surface area (Å²) in [4.78, 5) is 18.2. The molecule has 8 atom stereocenters. The number of carbonyl (C=O) groups is 1. The molecule has 1 fully saturated rings. The van der Waals surface area contributed by atoms with Gasteiger partial charge in [-0.2, -0.15) is 8.42 Å². The molecule has 0 radical (unpaired) electrons. The summed E-state index contributed by atoms with van der Waals surface area (Å²) in [6, 6.07) is 4.20. The molecule has 2 unspecified atom stereocenters. The molecule has 4 N–H and O–H groups in total. The first kappa shape index (κ1) is 32.1. The predicted molar refractivity (Wildman–Crippen MR) is 148 cm³/mol. The molecule has 0 spiro atoms. The normalized spacial score (nSPS) is 24.6. The van der Waals surface area contributed by atoms with E-state index in [2.05, 4.69) is 15.7 Å². The second-order valence-corrected chi connectivity index (χ2v) is 12.8. The average Bonchev–Trinajstić information content (AvgIpc) is 3.40. The van der Waals surface area contributed by atoms with Gasteiger partial charge in [0.2, 0.25) is 5.89 Å². The summed E-state index contributed by atoms with van der Waals surface area (Å²) in [7, 11) is -4.92. The van der Waals surface area contributed by atoms with Crippen LogP contribution in [0.4, 0.5) is 0 Å².